The van der Waals surface area contributed by atoms with Crippen molar-refractivity contribution >= 4 is 11.8 Å². The maximum atomic E-state index is 14.0. The van der Waals surface area contributed by atoms with Crippen LogP contribution in [0.1, 0.15) is 112 Å². The first kappa shape index (κ1) is 32.1. The van der Waals surface area contributed by atoms with Gasteiger partial charge in [0.1, 0.15) is 0 Å². The van der Waals surface area contributed by atoms with Gasteiger partial charge >= 0.3 is 5.97 Å². The van der Waals surface area contributed by atoms with Gasteiger partial charge in [0.25, 0.3) is 0 Å². The summed E-state index contributed by atoms with van der Waals surface area (Å²) in [6, 6.07) is 14.2. The van der Waals surface area contributed by atoms with Gasteiger partial charge in [0, 0.05) is 24.9 Å². The minimum absolute atomic E-state index is 0.0920. The summed E-state index contributed by atoms with van der Waals surface area (Å²) in [6.45, 7) is 5.14. The van der Waals surface area contributed by atoms with Crippen molar-refractivity contribution in [1.82, 2.24) is 4.90 Å². The van der Waals surface area contributed by atoms with E-state index in [1.807, 2.05) is 12.1 Å². The van der Waals surface area contributed by atoms with Crippen molar-refractivity contribution in [2.75, 3.05) is 27.3 Å². The molecule has 230 valence electrons. The van der Waals surface area contributed by atoms with Gasteiger partial charge in [0.05, 0.1) is 14.2 Å². The number of ketones is 1. The first-order chi connectivity index (χ1) is 20.5. The highest BCUT2D eigenvalue weighted by Crippen LogP contribution is 2.44. The van der Waals surface area contributed by atoms with E-state index >= 15 is 0 Å². The largest absolute Gasteiger partial charge is 0.493 e. The van der Waals surface area contributed by atoms with Crippen molar-refractivity contribution < 1.29 is 23.8 Å². The van der Waals surface area contributed by atoms with Crippen molar-refractivity contribution in [3.8, 4) is 11.5 Å². The number of unbranched alkanes of at least 4 members (excludes halogenated alkanes) is 8. The van der Waals surface area contributed by atoms with E-state index in [0.29, 0.717) is 42.2 Å². The first-order valence-electron chi connectivity index (χ1n) is 16.3. The number of carbonyl (C=O) groups excluding carboxylic acids is 2. The molecule has 1 unspecified atom stereocenters. The van der Waals surface area contributed by atoms with Crippen LogP contribution < -0.4 is 9.47 Å². The third-order valence-corrected chi connectivity index (χ3v) is 9.11. The van der Waals surface area contributed by atoms with Crippen LogP contribution in [0.25, 0.3) is 0 Å². The Morgan fingerprint density at radius 1 is 0.881 bits per heavy atom. The van der Waals surface area contributed by atoms with Crippen molar-refractivity contribution in [1.29, 1.82) is 0 Å². The van der Waals surface area contributed by atoms with Gasteiger partial charge in [-0.15, -0.1) is 0 Å². The van der Waals surface area contributed by atoms with Gasteiger partial charge in [0.2, 0.25) is 5.78 Å². The molecular weight excluding hydrogens is 526 g/mol. The predicted molar refractivity (Wildman–Crippen MR) is 167 cm³/mol. The fourth-order valence-corrected chi connectivity index (χ4v) is 6.71. The quantitative estimate of drug-likeness (QED) is 0.140. The molecule has 1 aliphatic carbocycles. The number of piperidine rings is 1. The molecule has 0 radical (unpaired) electrons. The Bertz CT molecular complexity index is 1140. The van der Waals surface area contributed by atoms with Gasteiger partial charge in [-0.1, -0.05) is 88.6 Å². The SMILES string of the molecule is CCCCCCCCCCCC(=O)OC1(CC2CCN(Cc3ccccc3)CC2)Cc2cc(OC)c(OC)cc2C1=O. The zero-order chi connectivity index (χ0) is 29.8. The molecule has 1 fully saturated rings. The van der Waals surface area contributed by atoms with Crippen molar-refractivity contribution in [3.63, 3.8) is 0 Å². The average molecular weight is 578 g/mol. The minimum Gasteiger partial charge on any atom is -0.493 e. The minimum atomic E-state index is -1.15. The second-order valence-corrected chi connectivity index (χ2v) is 12.3. The number of Topliss-reactive ketones (excluding diaryl/α,β-unsaturated/α-hetero) is 1. The number of hydrogen-bond acceptors (Lipinski definition) is 6. The number of methoxy groups -OCH3 is 2. The second kappa shape index (κ2) is 16.1. The molecule has 42 heavy (non-hydrogen) atoms. The molecule has 4 rings (SSSR count). The van der Waals surface area contributed by atoms with Crippen molar-refractivity contribution in [2.45, 2.75) is 109 Å². The van der Waals surface area contributed by atoms with Crippen LogP contribution in [-0.4, -0.2) is 49.6 Å². The van der Waals surface area contributed by atoms with Crippen LogP contribution in [0.4, 0.5) is 0 Å². The molecule has 6 nitrogen and oxygen atoms in total. The predicted octanol–water partition coefficient (Wildman–Crippen LogP) is 7.95. The van der Waals surface area contributed by atoms with E-state index in [4.69, 9.17) is 14.2 Å². The maximum Gasteiger partial charge on any atom is 0.306 e. The molecule has 0 aromatic heterocycles. The molecular formula is C36H51NO5. The number of likely N-dealkylation sites (tertiary alicyclic amines) is 1. The van der Waals surface area contributed by atoms with Gasteiger partial charge in [-0.05, 0) is 68.0 Å². The standard InChI is InChI=1S/C36H51NO5/c1-4-5-6-7-8-9-10-11-15-18-34(38)42-36(26-30-23-32(40-2)33(41-3)24-31(30)35(36)39)25-28-19-21-37(22-20-28)27-29-16-13-12-14-17-29/h12-14,16-17,23-24,28H,4-11,15,18-22,25-27H2,1-3H3. The second-order valence-electron chi connectivity index (χ2n) is 12.3. The molecule has 1 atom stereocenters. The Kier molecular flexibility index (Phi) is 12.3. The summed E-state index contributed by atoms with van der Waals surface area (Å²) in [5, 5.41) is 0. The highest BCUT2D eigenvalue weighted by atomic mass is 16.6. The summed E-state index contributed by atoms with van der Waals surface area (Å²) in [4.78, 5) is 29.7. The third kappa shape index (κ3) is 8.59. The molecule has 0 spiro atoms. The number of fused-ring (bicyclic) bond motifs is 1. The van der Waals surface area contributed by atoms with Gasteiger partial charge in [-0.3, -0.25) is 14.5 Å². The zero-order valence-corrected chi connectivity index (χ0v) is 26.1. The van der Waals surface area contributed by atoms with E-state index in [1.165, 1.54) is 44.1 Å². The van der Waals surface area contributed by atoms with Crippen LogP contribution in [0, 0.1) is 5.92 Å². The molecule has 0 N–H and O–H groups in total. The molecule has 2 aromatic rings. The molecule has 0 saturated carbocycles. The molecule has 1 aliphatic heterocycles. The van der Waals surface area contributed by atoms with Crippen LogP contribution in [0.15, 0.2) is 42.5 Å². The van der Waals surface area contributed by atoms with Gasteiger partial charge in [0.15, 0.2) is 17.1 Å². The fraction of sp³-hybridized carbons (Fsp3) is 0.611. The van der Waals surface area contributed by atoms with E-state index in [1.54, 1.807) is 20.3 Å². The maximum absolute atomic E-state index is 14.0. The Hall–Kier alpha value is -2.86. The number of ether oxygens (including phenoxy) is 3. The number of nitrogens with zero attached hydrogens (tertiary/aromatic N) is 1. The van der Waals surface area contributed by atoms with E-state index < -0.39 is 5.60 Å². The van der Waals surface area contributed by atoms with E-state index in [2.05, 4.69) is 36.1 Å². The molecule has 2 aromatic carbocycles. The molecule has 0 amide bonds. The van der Waals surface area contributed by atoms with Crippen LogP contribution in [0.2, 0.25) is 0 Å². The third-order valence-electron chi connectivity index (χ3n) is 9.11. The van der Waals surface area contributed by atoms with Gasteiger partial charge < -0.3 is 14.2 Å². The Labute approximate surface area is 253 Å². The molecule has 6 heteroatoms. The van der Waals surface area contributed by atoms with Crippen LogP contribution in [-0.2, 0) is 22.5 Å². The Morgan fingerprint density at radius 3 is 2.14 bits per heavy atom. The van der Waals surface area contributed by atoms with Gasteiger partial charge in [-0.25, -0.2) is 0 Å². The lowest BCUT2D eigenvalue weighted by atomic mass is 9.82. The first-order valence-corrected chi connectivity index (χ1v) is 16.3. The average Bonchev–Trinajstić information content (AvgIpc) is 3.26. The van der Waals surface area contributed by atoms with Crippen molar-refractivity contribution in [2.24, 2.45) is 5.92 Å². The monoisotopic (exact) mass is 577 g/mol. The van der Waals surface area contributed by atoms with E-state index in [-0.39, 0.29) is 11.8 Å². The number of benzene rings is 2. The number of carbonyl (C=O) groups is 2. The summed E-state index contributed by atoms with van der Waals surface area (Å²) in [5.74, 6) is 1.09. The topological polar surface area (TPSA) is 65.1 Å². The summed E-state index contributed by atoms with van der Waals surface area (Å²) in [6.07, 6.45) is 14.0. The lowest BCUT2D eigenvalue weighted by molar-refractivity contribution is -0.156. The number of rotatable bonds is 17. The summed E-state index contributed by atoms with van der Waals surface area (Å²) < 4.78 is 17.3. The fourth-order valence-electron chi connectivity index (χ4n) is 6.71. The Balaban J connectivity index is 1.37. The summed E-state index contributed by atoms with van der Waals surface area (Å²) >= 11 is 0. The van der Waals surface area contributed by atoms with Crippen LogP contribution in [0.5, 0.6) is 11.5 Å². The smallest absolute Gasteiger partial charge is 0.306 e. The normalized spacial score (nSPS) is 19.1. The molecule has 0 bridgehead atoms. The van der Waals surface area contributed by atoms with Crippen LogP contribution >= 0.6 is 0 Å². The molecule has 1 heterocycles. The van der Waals surface area contributed by atoms with Crippen molar-refractivity contribution in [3.05, 3.63) is 59.2 Å². The lowest BCUT2D eigenvalue weighted by Gasteiger charge is -2.36. The van der Waals surface area contributed by atoms with Crippen LogP contribution in [0.3, 0.4) is 0 Å². The molecule has 2 aliphatic rings. The summed E-state index contributed by atoms with van der Waals surface area (Å²) in [5.41, 5.74) is 1.63. The van der Waals surface area contributed by atoms with Gasteiger partial charge in [-0.2, -0.15) is 0 Å². The lowest BCUT2D eigenvalue weighted by Crippen LogP contribution is -2.45. The summed E-state index contributed by atoms with van der Waals surface area (Å²) in [7, 11) is 3.17. The Morgan fingerprint density at radius 2 is 1.50 bits per heavy atom. The van der Waals surface area contributed by atoms with E-state index in [9.17, 15) is 9.59 Å². The van der Waals surface area contributed by atoms with E-state index in [0.717, 1.165) is 57.3 Å². The number of hydrogen-bond donors (Lipinski definition) is 0. The highest BCUT2D eigenvalue weighted by molar-refractivity contribution is 6.08. The molecule has 1 saturated heterocycles. The highest BCUT2D eigenvalue weighted by Gasteiger charge is 2.50. The number of esters is 1. The zero-order valence-electron chi connectivity index (χ0n) is 26.1.